The van der Waals surface area contributed by atoms with Gasteiger partial charge in [0.05, 0.1) is 17.7 Å². The molecule has 2 rings (SSSR count). The molecular weight excluding hydrogens is 218 g/mol. The molecule has 0 fully saturated rings. The first-order chi connectivity index (χ1) is 8.11. The molecule has 0 saturated carbocycles. The topological polar surface area (TPSA) is 46.6 Å². The summed E-state index contributed by atoms with van der Waals surface area (Å²) < 4.78 is 5.34. The first-order valence-corrected chi connectivity index (χ1v) is 5.64. The van der Waals surface area contributed by atoms with Gasteiger partial charge in [-0.3, -0.25) is 9.59 Å². The summed E-state index contributed by atoms with van der Waals surface area (Å²) in [6, 6.07) is 6.83. The van der Waals surface area contributed by atoms with Crippen LogP contribution in [0, 0.1) is 5.92 Å². The number of hydrogen-bond acceptors (Lipinski definition) is 3. The molecule has 1 aromatic carbocycles. The Morgan fingerprint density at radius 2 is 1.65 bits per heavy atom. The lowest BCUT2D eigenvalue weighted by Gasteiger charge is -2.14. The van der Waals surface area contributed by atoms with Crippen molar-refractivity contribution < 1.29 is 14.3 Å². The fraction of sp³-hybridized carbons (Fsp3) is 0.385. The van der Waals surface area contributed by atoms with Crippen molar-refractivity contribution in [2.45, 2.75) is 13.8 Å². The van der Waals surface area contributed by atoms with Crippen LogP contribution >= 0.6 is 0 Å². The Morgan fingerprint density at radius 1 is 1.12 bits per heavy atom. The lowest BCUT2D eigenvalue weighted by atomic mass is 10.1. The molecule has 2 amide bonds. The van der Waals surface area contributed by atoms with Crippen molar-refractivity contribution in [3.8, 4) is 0 Å². The lowest BCUT2D eigenvalue weighted by molar-refractivity contribution is 0.0189. The second kappa shape index (κ2) is 4.67. The molecule has 4 heteroatoms. The molecule has 0 bridgehead atoms. The maximum absolute atomic E-state index is 11.9. The Kier molecular flexibility index (Phi) is 3.24. The smallest absolute Gasteiger partial charge is 0.263 e. The number of hydrogen-bond donors (Lipinski definition) is 0. The minimum absolute atomic E-state index is 0.0323. The second-order valence-corrected chi connectivity index (χ2v) is 4.48. The first-order valence-electron chi connectivity index (χ1n) is 5.64. The van der Waals surface area contributed by atoms with Gasteiger partial charge >= 0.3 is 0 Å². The van der Waals surface area contributed by atoms with E-state index in [2.05, 4.69) is 0 Å². The van der Waals surface area contributed by atoms with Crippen LogP contribution in [-0.2, 0) is 4.74 Å². The number of carbonyl (C=O) groups is 2. The van der Waals surface area contributed by atoms with Crippen LogP contribution in [0.4, 0.5) is 0 Å². The molecule has 0 atom stereocenters. The number of amides is 2. The largest absolute Gasteiger partial charge is 0.360 e. The van der Waals surface area contributed by atoms with Crippen molar-refractivity contribution in [3.63, 3.8) is 0 Å². The number of carbonyl (C=O) groups excluding carboxylic acids is 2. The first kappa shape index (κ1) is 11.8. The molecule has 0 unspecified atom stereocenters. The number of rotatable bonds is 4. The van der Waals surface area contributed by atoms with Gasteiger partial charge < -0.3 is 4.74 Å². The van der Waals surface area contributed by atoms with E-state index < -0.39 is 0 Å². The van der Waals surface area contributed by atoms with Gasteiger partial charge in [0, 0.05) is 0 Å². The van der Waals surface area contributed by atoms with Gasteiger partial charge in [0.2, 0.25) is 0 Å². The highest BCUT2D eigenvalue weighted by Gasteiger charge is 2.34. The highest BCUT2D eigenvalue weighted by molar-refractivity contribution is 6.21. The standard InChI is InChI=1S/C13H15NO3/c1-9(2)7-17-8-14-12(15)10-5-3-4-6-11(10)13(14)16/h3-6,9H,7-8H2,1-2H3. The van der Waals surface area contributed by atoms with Crippen LogP contribution in [0.3, 0.4) is 0 Å². The Morgan fingerprint density at radius 3 is 2.12 bits per heavy atom. The predicted molar refractivity (Wildman–Crippen MR) is 62.6 cm³/mol. The van der Waals surface area contributed by atoms with Crippen LogP contribution in [0.5, 0.6) is 0 Å². The Bertz CT molecular complexity index is 419. The molecule has 1 aromatic rings. The highest BCUT2D eigenvalue weighted by Crippen LogP contribution is 2.22. The fourth-order valence-corrected chi connectivity index (χ4v) is 1.74. The number of fused-ring (bicyclic) bond motifs is 1. The molecule has 1 aliphatic rings. The van der Waals surface area contributed by atoms with Gasteiger partial charge in [0.1, 0.15) is 6.73 Å². The average molecular weight is 233 g/mol. The Balaban J connectivity index is 2.08. The van der Waals surface area contributed by atoms with Crippen LogP contribution in [0.15, 0.2) is 24.3 Å². The van der Waals surface area contributed by atoms with E-state index >= 15 is 0 Å². The highest BCUT2D eigenvalue weighted by atomic mass is 16.5. The van der Waals surface area contributed by atoms with Crippen LogP contribution in [0.2, 0.25) is 0 Å². The van der Waals surface area contributed by atoms with Crippen LogP contribution in [0.25, 0.3) is 0 Å². The van der Waals surface area contributed by atoms with Crippen LogP contribution in [0.1, 0.15) is 34.6 Å². The van der Waals surface area contributed by atoms with E-state index in [0.29, 0.717) is 23.7 Å². The summed E-state index contributed by atoms with van der Waals surface area (Å²) in [4.78, 5) is 25.0. The summed E-state index contributed by atoms with van der Waals surface area (Å²) in [7, 11) is 0. The maximum atomic E-state index is 11.9. The van der Waals surface area contributed by atoms with Crippen molar-refractivity contribution in [1.82, 2.24) is 4.90 Å². The van der Waals surface area contributed by atoms with Gasteiger partial charge in [-0.15, -0.1) is 0 Å². The Labute approximate surface area is 100 Å². The van der Waals surface area contributed by atoms with E-state index in [0.717, 1.165) is 4.90 Å². The molecule has 17 heavy (non-hydrogen) atoms. The van der Waals surface area contributed by atoms with E-state index in [9.17, 15) is 9.59 Å². The molecule has 0 N–H and O–H groups in total. The van der Waals surface area contributed by atoms with Crippen molar-refractivity contribution in [2.75, 3.05) is 13.3 Å². The van der Waals surface area contributed by atoms with E-state index in [-0.39, 0.29) is 18.5 Å². The zero-order valence-electron chi connectivity index (χ0n) is 9.97. The molecule has 0 aliphatic carbocycles. The third-order valence-electron chi connectivity index (χ3n) is 2.55. The minimum Gasteiger partial charge on any atom is -0.360 e. The van der Waals surface area contributed by atoms with Crippen LogP contribution < -0.4 is 0 Å². The van der Waals surface area contributed by atoms with Crippen molar-refractivity contribution in [1.29, 1.82) is 0 Å². The van der Waals surface area contributed by atoms with Gasteiger partial charge in [-0.05, 0) is 18.1 Å². The van der Waals surface area contributed by atoms with Gasteiger partial charge in [0.25, 0.3) is 11.8 Å². The zero-order chi connectivity index (χ0) is 12.4. The third kappa shape index (κ3) is 2.22. The third-order valence-corrected chi connectivity index (χ3v) is 2.55. The molecule has 90 valence electrons. The molecule has 1 heterocycles. The van der Waals surface area contributed by atoms with Gasteiger partial charge in [-0.1, -0.05) is 26.0 Å². The van der Waals surface area contributed by atoms with Gasteiger partial charge in [-0.25, -0.2) is 4.90 Å². The number of nitrogens with zero attached hydrogens (tertiary/aromatic N) is 1. The second-order valence-electron chi connectivity index (χ2n) is 4.48. The van der Waals surface area contributed by atoms with E-state index in [1.54, 1.807) is 24.3 Å². The molecule has 0 saturated heterocycles. The molecule has 0 aromatic heterocycles. The molecule has 0 spiro atoms. The summed E-state index contributed by atoms with van der Waals surface area (Å²) in [6.07, 6.45) is 0. The summed E-state index contributed by atoms with van der Waals surface area (Å²) in [5.74, 6) is -0.158. The van der Waals surface area contributed by atoms with Gasteiger partial charge in [-0.2, -0.15) is 0 Å². The zero-order valence-corrected chi connectivity index (χ0v) is 9.97. The summed E-state index contributed by atoms with van der Waals surface area (Å²) in [5.41, 5.74) is 0.927. The van der Waals surface area contributed by atoms with E-state index in [1.807, 2.05) is 13.8 Å². The van der Waals surface area contributed by atoms with Gasteiger partial charge in [0.15, 0.2) is 0 Å². The molecule has 4 nitrogen and oxygen atoms in total. The molecule has 0 radical (unpaired) electrons. The number of imide groups is 1. The summed E-state index contributed by atoms with van der Waals surface area (Å²) in [5, 5.41) is 0. The van der Waals surface area contributed by atoms with E-state index in [1.165, 1.54) is 0 Å². The predicted octanol–water partition coefficient (Wildman–Crippen LogP) is 1.91. The number of benzene rings is 1. The summed E-state index contributed by atoms with van der Waals surface area (Å²) in [6.45, 7) is 4.60. The fourth-order valence-electron chi connectivity index (χ4n) is 1.74. The Hall–Kier alpha value is -1.68. The average Bonchev–Trinajstić information content (AvgIpc) is 2.54. The van der Waals surface area contributed by atoms with E-state index in [4.69, 9.17) is 4.74 Å². The van der Waals surface area contributed by atoms with Crippen LogP contribution in [-0.4, -0.2) is 30.1 Å². The monoisotopic (exact) mass is 233 g/mol. The SMILES string of the molecule is CC(C)COCN1C(=O)c2ccccc2C1=O. The lowest BCUT2D eigenvalue weighted by Crippen LogP contribution is -2.32. The molecule has 1 aliphatic heterocycles. The number of ether oxygens (including phenoxy) is 1. The minimum atomic E-state index is -0.269. The molecular formula is C13H15NO3. The van der Waals surface area contributed by atoms with Crippen molar-refractivity contribution >= 4 is 11.8 Å². The van der Waals surface area contributed by atoms with Crippen molar-refractivity contribution in [2.24, 2.45) is 5.92 Å². The normalized spacial score (nSPS) is 14.6. The van der Waals surface area contributed by atoms with Crippen molar-refractivity contribution in [3.05, 3.63) is 35.4 Å². The maximum Gasteiger partial charge on any atom is 0.263 e. The summed E-state index contributed by atoms with van der Waals surface area (Å²) >= 11 is 0. The quantitative estimate of drug-likeness (QED) is 0.746.